The van der Waals surface area contributed by atoms with E-state index in [2.05, 4.69) is 32.8 Å². The van der Waals surface area contributed by atoms with E-state index < -0.39 is 5.60 Å². The molecule has 0 bridgehead atoms. The van der Waals surface area contributed by atoms with Gasteiger partial charge in [-0.25, -0.2) is 4.79 Å². The lowest BCUT2D eigenvalue weighted by Crippen LogP contribution is -2.42. The third kappa shape index (κ3) is 4.77. The molecular formula is C18H24IN3O3. The largest absolute Gasteiger partial charge is 0.493 e. The van der Waals surface area contributed by atoms with Crippen molar-refractivity contribution in [2.75, 3.05) is 19.7 Å². The fourth-order valence-electron chi connectivity index (χ4n) is 2.87. The fourth-order valence-corrected chi connectivity index (χ4v) is 3.42. The molecule has 0 unspecified atom stereocenters. The molecule has 7 heteroatoms. The molecule has 1 fully saturated rings. The van der Waals surface area contributed by atoms with Gasteiger partial charge in [0, 0.05) is 18.5 Å². The molecule has 1 amide bonds. The van der Waals surface area contributed by atoms with E-state index in [-0.39, 0.29) is 6.09 Å². The van der Waals surface area contributed by atoms with Gasteiger partial charge in [-0.05, 0) is 80.3 Å². The number of amides is 1. The zero-order valence-electron chi connectivity index (χ0n) is 14.8. The summed E-state index contributed by atoms with van der Waals surface area (Å²) in [5.74, 6) is 1.32. The van der Waals surface area contributed by atoms with Crippen molar-refractivity contribution in [3.8, 4) is 5.75 Å². The summed E-state index contributed by atoms with van der Waals surface area (Å²) in [5.41, 5.74) is 0.503. The van der Waals surface area contributed by atoms with E-state index in [1.165, 1.54) is 0 Å². The number of halogens is 1. The van der Waals surface area contributed by atoms with Crippen LogP contribution in [0.15, 0.2) is 18.2 Å². The average molecular weight is 457 g/mol. The number of hydrogen-bond donors (Lipinski definition) is 1. The number of carbonyl (C=O) groups is 1. The maximum Gasteiger partial charge on any atom is 0.410 e. The highest BCUT2D eigenvalue weighted by molar-refractivity contribution is 14.1. The van der Waals surface area contributed by atoms with E-state index in [4.69, 9.17) is 9.47 Å². The Balaban J connectivity index is 1.48. The van der Waals surface area contributed by atoms with Crippen molar-refractivity contribution in [2.45, 2.75) is 39.2 Å². The Morgan fingerprint density at radius 3 is 2.76 bits per heavy atom. The van der Waals surface area contributed by atoms with Gasteiger partial charge in [-0.3, -0.25) is 5.10 Å². The van der Waals surface area contributed by atoms with Gasteiger partial charge in [0.2, 0.25) is 0 Å². The Kier molecular flexibility index (Phi) is 5.41. The number of carbonyl (C=O) groups excluding carboxylic acids is 1. The summed E-state index contributed by atoms with van der Waals surface area (Å²) in [5, 5.41) is 8.28. The SMILES string of the molecule is CC(C)(C)OC(=O)N1CCC(COc2ccc3n[nH]c(I)c3c2)CC1. The van der Waals surface area contributed by atoms with E-state index in [1.54, 1.807) is 4.90 Å². The van der Waals surface area contributed by atoms with Crippen molar-refractivity contribution in [3.05, 3.63) is 21.9 Å². The van der Waals surface area contributed by atoms with E-state index in [0.717, 1.165) is 46.3 Å². The van der Waals surface area contributed by atoms with Crippen LogP contribution < -0.4 is 4.74 Å². The van der Waals surface area contributed by atoms with Gasteiger partial charge in [0.25, 0.3) is 0 Å². The molecule has 0 radical (unpaired) electrons. The molecule has 136 valence electrons. The van der Waals surface area contributed by atoms with Gasteiger partial charge in [0.15, 0.2) is 0 Å². The summed E-state index contributed by atoms with van der Waals surface area (Å²) in [7, 11) is 0. The highest BCUT2D eigenvalue weighted by atomic mass is 127. The van der Waals surface area contributed by atoms with Crippen LogP contribution in [0.4, 0.5) is 4.79 Å². The second kappa shape index (κ2) is 7.39. The van der Waals surface area contributed by atoms with Crippen molar-refractivity contribution in [1.82, 2.24) is 15.1 Å². The van der Waals surface area contributed by atoms with Crippen LogP contribution in [0, 0.1) is 9.62 Å². The second-order valence-corrected chi connectivity index (χ2v) is 8.52. The van der Waals surface area contributed by atoms with Crippen molar-refractivity contribution in [3.63, 3.8) is 0 Å². The standard InChI is InChI=1S/C18H24IN3O3/c1-18(2,3)25-17(23)22-8-6-12(7-9-22)11-24-13-4-5-15-14(10-13)16(19)21-20-15/h4-5,10,12H,6-9,11H2,1-3H3,(H,20,21). The summed E-state index contributed by atoms with van der Waals surface area (Å²) < 4.78 is 12.4. The lowest BCUT2D eigenvalue weighted by Gasteiger charge is -2.33. The molecule has 3 rings (SSSR count). The minimum atomic E-state index is -0.444. The Labute approximate surface area is 161 Å². The molecule has 2 heterocycles. The minimum Gasteiger partial charge on any atom is -0.493 e. The first kappa shape index (κ1) is 18.3. The van der Waals surface area contributed by atoms with Crippen LogP contribution in [0.5, 0.6) is 5.75 Å². The number of H-pyrrole nitrogens is 1. The molecule has 0 saturated carbocycles. The number of aromatic amines is 1. The molecule has 25 heavy (non-hydrogen) atoms. The number of nitrogens with one attached hydrogen (secondary N) is 1. The number of hydrogen-bond acceptors (Lipinski definition) is 4. The maximum atomic E-state index is 12.1. The number of likely N-dealkylation sites (tertiary alicyclic amines) is 1. The molecule has 1 aliphatic heterocycles. The van der Waals surface area contributed by atoms with Gasteiger partial charge in [-0.2, -0.15) is 5.10 Å². The number of ether oxygens (including phenoxy) is 2. The highest BCUT2D eigenvalue weighted by Crippen LogP contribution is 2.25. The second-order valence-electron chi connectivity index (χ2n) is 7.44. The maximum absolute atomic E-state index is 12.1. The molecule has 1 aromatic carbocycles. The zero-order chi connectivity index (χ0) is 18.0. The van der Waals surface area contributed by atoms with Crippen molar-refractivity contribution in [1.29, 1.82) is 0 Å². The van der Waals surface area contributed by atoms with Gasteiger partial charge >= 0.3 is 6.09 Å². The molecule has 2 aromatic rings. The van der Waals surface area contributed by atoms with Crippen LogP contribution in [0.25, 0.3) is 10.9 Å². The van der Waals surface area contributed by atoms with Crippen LogP contribution >= 0.6 is 22.6 Å². The monoisotopic (exact) mass is 457 g/mol. The van der Waals surface area contributed by atoms with Gasteiger partial charge in [0.05, 0.1) is 12.1 Å². The Morgan fingerprint density at radius 1 is 1.36 bits per heavy atom. The summed E-state index contributed by atoms with van der Waals surface area (Å²) in [6.07, 6.45) is 1.65. The van der Waals surface area contributed by atoms with Gasteiger partial charge < -0.3 is 14.4 Å². The summed E-state index contributed by atoms with van der Waals surface area (Å²) in [4.78, 5) is 13.9. The molecule has 1 saturated heterocycles. The van der Waals surface area contributed by atoms with E-state index >= 15 is 0 Å². The number of aromatic nitrogens is 2. The topological polar surface area (TPSA) is 67.4 Å². The summed E-state index contributed by atoms with van der Waals surface area (Å²) in [6.45, 7) is 7.79. The van der Waals surface area contributed by atoms with Gasteiger partial charge in [-0.1, -0.05) is 0 Å². The Hall–Kier alpha value is -1.51. The summed E-state index contributed by atoms with van der Waals surface area (Å²) >= 11 is 2.24. The van der Waals surface area contributed by atoms with E-state index in [0.29, 0.717) is 12.5 Å². The zero-order valence-corrected chi connectivity index (χ0v) is 17.0. The third-order valence-corrected chi connectivity index (χ3v) is 5.05. The van der Waals surface area contributed by atoms with Gasteiger partial charge in [0.1, 0.15) is 15.1 Å². The molecule has 0 atom stereocenters. The lowest BCUT2D eigenvalue weighted by molar-refractivity contribution is 0.0165. The molecule has 1 aliphatic rings. The number of rotatable bonds is 3. The van der Waals surface area contributed by atoms with Crippen LogP contribution in [-0.2, 0) is 4.74 Å². The highest BCUT2D eigenvalue weighted by Gasteiger charge is 2.27. The van der Waals surface area contributed by atoms with E-state index in [1.807, 2.05) is 39.0 Å². The molecular weight excluding hydrogens is 433 g/mol. The quantitative estimate of drug-likeness (QED) is 0.702. The van der Waals surface area contributed by atoms with Crippen molar-refractivity contribution >= 4 is 39.6 Å². The number of fused-ring (bicyclic) bond motifs is 1. The number of piperidine rings is 1. The number of benzene rings is 1. The normalized spacial score (nSPS) is 16.2. The minimum absolute atomic E-state index is 0.216. The molecule has 0 aliphatic carbocycles. The predicted molar refractivity (Wildman–Crippen MR) is 105 cm³/mol. The number of nitrogens with zero attached hydrogens (tertiary/aromatic N) is 2. The molecule has 6 nitrogen and oxygen atoms in total. The molecule has 1 N–H and O–H groups in total. The van der Waals surface area contributed by atoms with Crippen LogP contribution in [0.3, 0.4) is 0 Å². The van der Waals surface area contributed by atoms with Crippen LogP contribution in [0.2, 0.25) is 0 Å². The average Bonchev–Trinajstić information content (AvgIpc) is 2.93. The third-order valence-electron chi connectivity index (χ3n) is 4.23. The first-order valence-corrected chi connectivity index (χ1v) is 9.64. The lowest BCUT2D eigenvalue weighted by atomic mass is 9.98. The fraction of sp³-hybridized carbons (Fsp3) is 0.556. The van der Waals surface area contributed by atoms with Crippen molar-refractivity contribution in [2.24, 2.45) is 5.92 Å². The van der Waals surface area contributed by atoms with Crippen LogP contribution in [-0.4, -0.2) is 46.5 Å². The smallest absolute Gasteiger partial charge is 0.410 e. The Morgan fingerprint density at radius 2 is 2.08 bits per heavy atom. The van der Waals surface area contributed by atoms with Crippen molar-refractivity contribution < 1.29 is 14.3 Å². The molecule has 1 aromatic heterocycles. The summed E-state index contributed by atoms with van der Waals surface area (Å²) in [6, 6.07) is 5.94. The van der Waals surface area contributed by atoms with E-state index in [9.17, 15) is 4.79 Å². The first-order valence-electron chi connectivity index (χ1n) is 8.56. The Bertz CT molecular complexity index is 746. The first-order chi connectivity index (χ1) is 11.8. The van der Waals surface area contributed by atoms with Gasteiger partial charge in [-0.15, -0.1) is 0 Å². The van der Waals surface area contributed by atoms with Crippen LogP contribution in [0.1, 0.15) is 33.6 Å². The predicted octanol–water partition coefficient (Wildman–Crippen LogP) is 4.19. The molecule has 0 spiro atoms.